The highest BCUT2D eigenvalue weighted by molar-refractivity contribution is 6.42. The minimum atomic E-state index is -5.14. The number of aliphatic hydroxyl groups is 1. The highest BCUT2D eigenvalue weighted by Gasteiger charge is 2.42. The third kappa shape index (κ3) is 6.22. The molecule has 28 heavy (non-hydrogen) atoms. The van der Waals surface area contributed by atoms with E-state index < -0.39 is 23.8 Å². The molecule has 0 bridgehead atoms. The Hall–Kier alpha value is -1.06. The van der Waals surface area contributed by atoms with Crippen molar-refractivity contribution in [2.75, 3.05) is 19.6 Å². The Labute approximate surface area is 171 Å². The van der Waals surface area contributed by atoms with Crippen LogP contribution in [0.1, 0.15) is 38.3 Å². The summed E-state index contributed by atoms with van der Waals surface area (Å²) in [5, 5.41) is 10.0. The van der Waals surface area contributed by atoms with Gasteiger partial charge in [0.1, 0.15) is 5.75 Å². The summed E-state index contributed by atoms with van der Waals surface area (Å²) in [6.45, 7) is 5.32. The molecule has 0 amide bonds. The average Bonchev–Trinajstić information content (AvgIpc) is 2.55. The number of carbonyl (C=O) groups excluding carboxylic acids is 1. The van der Waals surface area contributed by atoms with Crippen molar-refractivity contribution in [2.24, 2.45) is 11.7 Å². The predicted octanol–water partition coefficient (Wildman–Crippen LogP) is 3.94. The fourth-order valence-electron chi connectivity index (χ4n) is 3.32. The zero-order valence-corrected chi connectivity index (χ0v) is 17.0. The van der Waals surface area contributed by atoms with Crippen LogP contribution in [0.15, 0.2) is 12.1 Å². The molecule has 2 rings (SSSR count). The number of benzene rings is 1. The largest absolute Gasteiger partial charge is 0.491 e. The van der Waals surface area contributed by atoms with Crippen LogP contribution in [0.3, 0.4) is 0 Å². The molecule has 1 aliphatic heterocycles. The van der Waals surface area contributed by atoms with E-state index >= 15 is 0 Å². The van der Waals surface area contributed by atoms with E-state index in [0.29, 0.717) is 32.5 Å². The number of rotatable bonds is 5. The smallest absolute Gasteiger partial charge is 0.419 e. The molecule has 0 spiro atoms. The second kappa shape index (κ2) is 8.75. The Morgan fingerprint density at radius 1 is 1.29 bits per heavy atom. The van der Waals surface area contributed by atoms with Gasteiger partial charge in [-0.05, 0) is 51.8 Å². The zero-order valence-electron chi connectivity index (χ0n) is 15.5. The number of hydrogen-bond donors (Lipinski definition) is 2. The normalized spacial score (nSPS) is 18.2. The lowest BCUT2D eigenvalue weighted by atomic mass is 9.85. The van der Waals surface area contributed by atoms with Gasteiger partial charge in [-0.1, -0.05) is 23.2 Å². The standard InChI is InChI=1S/C18H23Cl2F3N2O3/c1-17(2,27)9-25-5-3-10(4-6-25)15(24)11-7-12(19)13(20)8-14(11)28-16(26)18(21,22)23/h7-8,10,15,27H,3-6,9,24H2,1-2H3. The van der Waals surface area contributed by atoms with Crippen molar-refractivity contribution >= 4 is 29.2 Å². The van der Waals surface area contributed by atoms with Crippen molar-refractivity contribution in [3.63, 3.8) is 0 Å². The van der Waals surface area contributed by atoms with Gasteiger partial charge in [0.05, 0.1) is 15.6 Å². The topological polar surface area (TPSA) is 75.8 Å². The molecule has 1 saturated heterocycles. The molecule has 0 aliphatic carbocycles. The average molecular weight is 443 g/mol. The van der Waals surface area contributed by atoms with Gasteiger partial charge in [0.2, 0.25) is 0 Å². The number of nitrogens with two attached hydrogens (primary N) is 1. The lowest BCUT2D eigenvalue weighted by Gasteiger charge is -2.37. The molecular weight excluding hydrogens is 420 g/mol. The van der Waals surface area contributed by atoms with Crippen molar-refractivity contribution < 1.29 is 27.8 Å². The first-order chi connectivity index (χ1) is 12.8. The van der Waals surface area contributed by atoms with Gasteiger partial charge in [0.25, 0.3) is 0 Å². The monoisotopic (exact) mass is 442 g/mol. The fourth-order valence-corrected chi connectivity index (χ4v) is 3.65. The van der Waals surface area contributed by atoms with E-state index in [1.54, 1.807) is 13.8 Å². The summed E-state index contributed by atoms with van der Waals surface area (Å²) in [7, 11) is 0. The first kappa shape index (κ1) is 23.2. The third-order valence-electron chi connectivity index (χ3n) is 4.60. The molecule has 1 heterocycles. The lowest BCUT2D eigenvalue weighted by molar-refractivity contribution is -0.189. The molecule has 1 aromatic carbocycles. The maximum Gasteiger partial charge on any atom is 0.491 e. The summed E-state index contributed by atoms with van der Waals surface area (Å²) in [5.74, 6) is -2.75. The Bertz CT molecular complexity index is 715. The quantitative estimate of drug-likeness (QED) is 0.533. The third-order valence-corrected chi connectivity index (χ3v) is 5.32. The summed E-state index contributed by atoms with van der Waals surface area (Å²) < 4.78 is 42.3. The van der Waals surface area contributed by atoms with E-state index in [1.807, 2.05) is 0 Å². The Kier molecular flexibility index (Phi) is 7.26. The molecular formula is C18H23Cl2F3N2O3. The predicted molar refractivity (Wildman–Crippen MR) is 101 cm³/mol. The number of alkyl halides is 3. The summed E-state index contributed by atoms with van der Waals surface area (Å²) >= 11 is 11.9. The van der Waals surface area contributed by atoms with Gasteiger partial charge in [-0.3, -0.25) is 0 Å². The number of ether oxygens (including phenoxy) is 1. The number of hydrogen-bond acceptors (Lipinski definition) is 5. The van der Waals surface area contributed by atoms with Crippen LogP contribution in [-0.2, 0) is 4.79 Å². The van der Waals surface area contributed by atoms with E-state index in [9.17, 15) is 23.1 Å². The van der Waals surface area contributed by atoms with Crippen LogP contribution < -0.4 is 10.5 Å². The van der Waals surface area contributed by atoms with Crippen LogP contribution in [0.25, 0.3) is 0 Å². The van der Waals surface area contributed by atoms with Crippen molar-refractivity contribution in [2.45, 2.75) is 44.5 Å². The summed E-state index contributed by atoms with van der Waals surface area (Å²) in [4.78, 5) is 13.4. The Balaban J connectivity index is 2.17. The molecule has 1 aliphatic rings. The Morgan fingerprint density at radius 2 is 1.82 bits per heavy atom. The fraction of sp³-hybridized carbons (Fsp3) is 0.611. The molecule has 1 fully saturated rings. The number of nitrogens with zero attached hydrogens (tertiary/aromatic N) is 1. The maximum absolute atomic E-state index is 12.6. The Morgan fingerprint density at radius 3 is 2.32 bits per heavy atom. The highest BCUT2D eigenvalue weighted by Crippen LogP contribution is 2.39. The van der Waals surface area contributed by atoms with Gasteiger partial charge < -0.3 is 20.5 Å². The van der Waals surface area contributed by atoms with Crippen molar-refractivity contribution in [3.05, 3.63) is 27.7 Å². The van der Waals surface area contributed by atoms with Crippen LogP contribution in [0.4, 0.5) is 13.2 Å². The number of likely N-dealkylation sites (tertiary alicyclic amines) is 1. The minimum absolute atomic E-state index is 0.0393. The highest BCUT2D eigenvalue weighted by atomic mass is 35.5. The molecule has 158 valence electrons. The molecule has 10 heteroatoms. The maximum atomic E-state index is 12.6. The molecule has 0 aromatic heterocycles. The van der Waals surface area contributed by atoms with Gasteiger partial charge >= 0.3 is 12.1 Å². The molecule has 3 N–H and O–H groups in total. The van der Waals surface area contributed by atoms with Crippen LogP contribution in [0, 0.1) is 5.92 Å². The van der Waals surface area contributed by atoms with Gasteiger partial charge in [0.15, 0.2) is 0 Å². The van der Waals surface area contributed by atoms with Crippen LogP contribution in [0.5, 0.6) is 5.75 Å². The van der Waals surface area contributed by atoms with E-state index in [4.69, 9.17) is 28.9 Å². The first-order valence-corrected chi connectivity index (χ1v) is 9.52. The first-order valence-electron chi connectivity index (χ1n) is 8.76. The van der Waals surface area contributed by atoms with Crippen LogP contribution >= 0.6 is 23.2 Å². The van der Waals surface area contributed by atoms with E-state index in [2.05, 4.69) is 9.64 Å². The van der Waals surface area contributed by atoms with Crippen LogP contribution in [-0.4, -0.2) is 47.4 Å². The number of halogens is 5. The van der Waals surface area contributed by atoms with E-state index in [1.165, 1.54) is 6.07 Å². The lowest BCUT2D eigenvalue weighted by Crippen LogP contribution is -2.44. The molecule has 0 saturated carbocycles. The zero-order chi connectivity index (χ0) is 21.3. The number of esters is 1. The molecule has 5 nitrogen and oxygen atoms in total. The van der Waals surface area contributed by atoms with Gasteiger partial charge in [0, 0.05) is 24.2 Å². The van der Waals surface area contributed by atoms with Crippen LogP contribution in [0.2, 0.25) is 10.0 Å². The second-order valence-corrected chi connectivity index (χ2v) is 8.46. The van der Waals surface area contributed by atoms with Gasteiger partial charge in [-0.2, -0.15) is 13.2 Å². The molecule has 0 radical (unpaired) electrons. The number of β-amino-alcohol motifs (C(OH)–C–C–N with tert-alkyl or cyclic N) is 1. The van der Waals surface area contributed by atoms with Gasteiger partial charge in [-0.15, -0.1) is 0 Å². The molecule has 1 aromatic rings. The van der Waals surface area contributed by atoms with Crippen molar-refractivity contribution in [3.8, 4) is 5.75 Å². The SMILES string of the molecule is CC(C)(O)CN1CCC(C(N)c2cc(Cl)c(Cl)cc2OC(=O)C(F)(F)F)CC1. The minimum Gasteiger partial charge on any atom is -0.419 e. The summed E-state index contributed by atoms with van der Waals surface area (Å²) in [6.07, 6.45) is -3.80. The summed E-state index contributed by atoms with van der Waals surface area (Å²) in [5.41, 5.74) is 5.68. The number of carbonyl (C=O) groups is 1. The molecule has 1 atom stereocenters. The summed E-state index contributed by atoms with van der Waals surface area (Å²) in [6, 6.07) is 1.73. The van der Waals surface area contributed by atoms with E-state index in [0.717, 1.165) is 6.07 Å². The molecule has 1 unspecified atom stereocenters. The van der Waals surface area contributed by atoms with Gasteiger partial charge in [-0.25, -0.2) is 4.79 Å². The van der Waals surface area contributed by atoms with Crippen molar-refractivity contribution in [1.29, 1.82) is 0 Å². The van der Waals surface area contributed by atoms with E-state index in [-0.39, 0.29) is 27.3 Å². The number of piperidine rings is 1. The second-order valence-electron chi connectivity index (χ2n) is 7.64. The van der Waals surface area contributed by atoms with Crippen molar-refractivity contribution in [1.82, 2.24) is 4.90 Å².